The first kappa shape index (κ1) is 12.0. The lowest BCUT2D eigenvalue weighted by Gasteiger charge is -2.25. The van der Waals surface area contributed by atoms with Crippen LogP contribution < -0.4 is 10.6 Å². The Hall–Kier alpha value is -0.120. The number of rotatable bonds is 1. The van der Waals surface area contributed by atoms with Gasteiger partial charge in [0.25, 0.3) is 0 Å². The van der Waals surface area contributed by atoms with E-state index in [9.17, 15) is 0 Å². The highest BCUT2D eigenvalue weighted by Crippen LogP contribution is 1.96. The second-order valence-electron chi connectivity index (χ2n) is 3.99. The largest absolute Gasteiger partial charge is 0.317 e. The standard InChI is InChI=1S/C6H14N2.C5H11N/c1-2-8-5-3-7-4-6-8;1-2-4-6-5-3-1/h7H,2-6H2,1H3;6H,1-5H2. The van der Waals surface area contributed by atoms with E-state index in [0.717, 1.165) is 0 Å². The number of nitrogens with zero attached hydrogens (tertiary/aromatic N) is 1. The van der Waals surface area contributed by atoms with Crippen molar-refractivity contribution >= 4 is 0 Å². The van der Waals surface area contributed by atoms with Gasteiger partial charge in [0.2, 0.25) is 0 Å². The Kier molecular flexibility index (Phi) is 7.01. The number of likely N-dealkylation sites (N-methyl/N-ethyl adjacent to an activating group) is 1. The summed E-state index contributed by atoms with van der Waals surface area (Å²) in [5.41, 5.74) is 0. The Morgan fingerprint density at radius 2 is 1.43 bits per heavy atom. The van der Waals surface area contributed by atoms with Crippen molar-refractivity contribution in [2.75, 3.05) is 45.8 Å². The lowest BCUT2D eigenvalue weighted by atomic mass is 10.2. The quantitative estimate of drug-likeness (QED) is 0.650. The summed E-state index contributed by atoms with van der Waals surface area (Å²) >= 11 is 0. The molecule has 2 fully saturated rings. The second kappa shape index (κ2) is 8.21. The fourth-order valence-electron chi connectivity index (χ4n) is 1.83. The molecule has 2 heterocycles. The first-order valence-corrected chi connectivity index (χ1v) is 6.07. The third-order valence-corrected chi connectivity index (χ3v) is 2.86. The number of piperazine rings is 1. The summed E-state index contributed by atoms with van der Waals surface area (Å²) < 4.78 is 0. The van der Waals surface area contributed by atoms with E-state index in [0.29, 0.717) is 0 Å². The molecule has 2 rings (SSSR count). The molecule has 84 valence electrons. The SMILES string of the molecule is C1CCNCC1.CCN1CCNCC1. The van der Waals surface area contributed by atoms with E-state index in [4.69, 9.17) is 0 Å². The van der Waals surface area contributed by atoms with Gasteiger partial charge >= 0.3 is 0 Å². The third-order valence-electron chi connectivity index (χ3n) is 2.86. The molecule has 2 N–H and O–H groups in total. The summed E-state index contributed by atoms with van der Waals surface area (Å²) in [7, 11) is 0. The van der Waals surface area contributed by atoms with Crippen LogP contribution in [0.25, 0.3) is 0 Å². The highest BCUT2D eigenvalue weighted by atomic mass is 15.2. The molecule has 14 heavy (non-hydrogen) atoms. The summed E-state index contributed by atoms with van der Waals surface area (Å²) in [5.74, 6) is 0. The Morgan fingerprint density at radius 3 is 1.71 bits per heavy atom. The Labute approximate surface area is 88.2 Å². The molecule has 0 spiro atoms. The van der Waals surface area contributed by atoms with Crippen molar-refractivity contribution in [3.05, 3.63) is 0 Å². The molecule has 0 amide bonds. The summed E-state index contributed by atoms with van der Waals surface area (Å²) in [6.07, 6.45) is 4.22. The molecule has 0 radical (unpaired) electrons. The van der Waals surface area contributed by atoms with Crippen LogP contribution in [0.1, 0.15) is 26.2 Å². The molecule has 2 saturated heterocycles. The van der Waals surface area contributed by atoms with Gasteiger partial charge in [0.1, 0.15) is 0 Å². The zero-order valence-electron chi connectivity index (χ0n) is 9.52. The molecule has 0 bridgehead atoms. The van der Waals surface area contributed by atoms with Crippen LogP contribution in [0.5, 0.6) is 0 Å². The molecule has 0 aliphatic carbocycles. The maximum Gasteiger partial charge on any atom is 0.0107 e. The van der Waals surface area contributed by atoms with Crippen molar-refractivity contribution in [2.24, 2.45) is 0 Å². The fraction of sp³-hybridized carbons (Fsp3) is 1.00. The van der Waals surface area contributed by atoms with Crippen LogP contribution in [0, 0.1) is 0 Å². The summed E-state index contributed by atoms with van der Waals surface area (Å²) in [4.78, 5) is 2.45. The number of piperidine rings is 1. The molecule has 2 aliphatic rings. The average Bonchev–Trinajstić information content (AvgIpc) is 2.33. The molecular formula is C11H25N3. The zero-order valence-corrected chi connectivity index (χ0v) is 9.52. The van der Waals surface area contributed by atoms with Gasteiger partial charge in [-0.05, 0) is 32.5 Å². The highest BCUT2D eigenvalue weighted by molar-refractivity contribution is 4.64. The number of hydrogen-bond donors (Lipinski definition) is 2. The lowest BCUT2D eigenvalue weighted by molar-refractivity contribution is 0.253. The fourth-order valence-corrected chi connectivity index (χ4v) is 1.83. The van der Waals surface area contributed by atoms with Crippen molar-refractivity contribution in [1.82, 2.24) is 15.5 Å². The predicted molar refractivity (Wildman–Crippen MR) is 61.7 cm³/mol. The van der Waals surface area contributed by atoms with Gasteiger partial charge in [0.05, 0.1) is 0 Å². The maximum atomic E-state index is 3.31. The summed E-state index contributed by atoms with van der Waals surface area (Å²) in [6.45, 7) is 10.7. The Bertz CT molecular complexity index is 106. The van der Waals surface area contributed by atoms with Gasteiger partial charge in [0, 0.05) is 26.2 Å². The second-order valence-corrected chi connectivity index (χ2v) is 3.99. The van der Waals surface area contributed by atoms with E-state index in [1.165, 1.54) is 65.1 Å². The van der Waals surface area contributed by atoms with Crippen LogP contribution >= 0.6 is 0 Å². The smallest absolute Gasteiger partial charge is 0.0107 e. The zero-order chi connectivity index (χ0) is 10.1. The molecular weight excluding hydrogens is 174 g/mol. The van der Waals surface area contributed by atoms with E-state index in [2.05, 4.69) is 22.5 Å². The van der Waals surface area contributed by atoms with Crippen LogP contribution in [0.15, 0.2) is 0 Å². The first-order chi connectivity index (χ1) is 6.93. The Morgan fingerprint density at radius 1 is 0.857 bits per heavy atom. The number of nitrogens with one attached hydrogen (secondary N) is 2. The lowest BCUT2D eigenvalue weighted by Crippen LogP contribution is -2.43. The van der Waals surface area contributed by atoms with Gasteiger partial charge in [-0.2, -0.15) is 0 Å². The van der Waals surface area contributed by atoms with E-state index in [-0.39, 0.29) is 0 Å². The van der Waals surface area contributed by atoms with Gasteiger partial charge in [-0.1, -0.05) is 13.3 Å². The van der Waals surface area contributed by atoms with Crippen LogP contribution in [0.2, 0.25) is 0 Å². The molecule has 3 heteroatoms. The summed E-state index contributed by atoms with van der Waals surface area (Å²) in [6, 6.07) is 0. The predicted octanol–water partition coefficient (Wildman–Crippen LogP) is 0.671. The van der Waals surface area contributed by atoms with Gasteiger partial charge in [-0.25, -0.2) is 0 Å². The Balaban J connectivity index is 0.000000146. The molecule has 0 aromatic carbocycles. The molecule has 0 saturated carbocycles. The van der Waals surface area contributed by atoms with Crippen molar-refractivity contribution in [3.63, 3.8) is 0 Å². The molecule has 3 nitrogen and oxygen atoms in total. The minimum atomic E-state index is 1.17. The van der Waals surface area contributed by atoms with E-state index in [1.54, 1.807) is 0 Å². The highest BCUT2D eigenvalue weighted by Gasteiger charge is 2.04. The monoisotopic (exact) mass is 199 g/mol. The average molecular weight is 199 g/mol. The first-order valence-electron chi connectivity index (χ1n) is 6.07. The van der Waals surface area contributed by atoms with Crippen molar-refractivity contribution in [3.8, 4) is 0 Å². The molecule has 0 aromatic rings. The third kappa shape index (κ3) is 5.58. The molecule has 0 atom stereocenters. The van der Waals surface area contributed by atoms with E-state index < -0.39 is 0 Å². The minimum absolute atomic E-state index is 1.17. The van der Waals surface area contributed by atoms with Crippen LogP contribution in [0.3, 0.4) is 0 Å². The van der Waals surface area contributed by atoms with Crippen LogP contribution in [-0.2, 0) is 0 Å². The summed E-state index contributed by atoms with van der Waals surface area (Å²) in [5, 5.41) is 6.59. The minimum Gasteiger partial charge on any atom is -0.317 e. The van der Waals surface area contributed by atoms with Crippen molar-refractivity contribution in [2.45, 2.75) is 26.2 Å². The molecule has 0 unspecified atom stereocenters. The molecule has 0 aromatic heterocycles. The number of hydrogen-bond acceptors (Lipinski definition) is 3. The molecule has 2 aliphatic heterocycles. The normalized spacial score (nSPS) is 23.8. The van der Waals surface area contributed by atoms with E-state index >= 15 is 0 Å². The van der Waals surface area contributed by atoms with Gasteiger partial charge in [-0.15, -0.1) is 0 Å². The van der Waals surface area contributed by atoms with Gasteiger partial charge in [-0.3, -0.25) is 0 Å². The van der Waals surface area contributed by atoms with Crippen LogP contribution in [-0.4, -0.2) is 50.7 Å². The topological polar surface area (TPSA) is 27.3 Å². The van der Waals surface area contributed by atoms with Gasteiger partial charge < -0.3 is 15.5 Å². The maximum absolute atomic E-state index is 3.31. The van der Waals surface area contributed by atoms with E-state index in [1.807, 2.05) is 0 Å². The van der Waals surface area contributed by atoms with Crippen LogP contribution in [0.4, 0.5) is 0 Å². The van der Waals surface area contributed by atoms with Gasteiger partial charge in [0.15, 0.2) is 0 Å². The van der Waals surface area contributed by atoms with Crippen molar-refractivity contribution in [1.29, 1.82) is 0 Å². The van der Waals surface area contributed by atoms with Crippen molar-refractivity contribution < 1.29 is 0 Å².